The number of rotatable bonds is 3. The number of hydrogen-bond acceptors (Lipinski definition) is 4. The van der Waals surface area contributed by atoms with Crippen LogP contribution in [0.2, 0.25) is 5.02 Å². The van der Waals surface area contributed by atoms with Gasteiger partial charge in [-0.25, -0.2) is 9.18 Å². The van der Waals surface area contributed by atoms with Gasteiger partial charge >= 0.3 is 5.97 Å². The molecule has 0 aliphatic rings. The van der Waals surface area contributed by atoms with Crippen molar-refractivity contribution in [2.75, 3.05) is 7.11 Å². The second kappa shape index (κ2) is 4.66. The number of aromatic carboxylic acids is 1. The van der Waals surface area contributed by atoms with Gasteiger partial charge in [-0.15, -0.1) is 0 Å². The molecule has 0 fully saturated rings. The van der Waals surface area contributed by atoms with Crippen LogP contribution in [0, 0.1) is 5.82 Å². The van der Waals surface area contributed by atoms with Gasteiger partial charge in [0.1, 0.15) is 10.8 Å². The number of ether oxygens (including phenoxy) is 1. The molecule has 0 unspecified atom stereocenters. The third-order valence-corrected chi connectivity index (χ3v) is 2.61. The molecule has 0 aliphatic carbocycles. The van der Waals surface area contributed by atoms with E-state index in [1.165, 1.54) is 19.2 Å². The Morgan fingerprint density at radius 1 is 1.56 bits per heavy atom. The Labute approximate surface area is 106 Å². The number of halogens is 2. The summed E-state index contributed by atoms with van der Waals surface area (Å²) in [5.74, 6) is -1.86. The van der Waals surface area contributed by atoms with Crippen molar-refractivity contribution in [2.24, 2.45) is 0 Å². The first kappa shape index (κ1) is 12.4. The summed E-state index contributed by atoms with van der Waals surface area (Å²) in [5, 5.41) is 11.8. The molecule has 0 saturated heterocycles. The molecule has 7 heteroatoms. The summed E-state index contributed by atoms with van der Waals surface area (Å²) in [6.07, 6.45) is 0. The van der Waals surface area contributed by atoms with Crippen LogP contribution in [0.5, 0.6) is 5.75 Å². The summed E-state index contributed by atoms with van der Waals surface area (Å²) in [6, 6.07) is 3.93. The Morgan fingerprint density at radius 3 is 2.83 bits per heavy atom. The summed E-state index contributed by atoms with van der Waals surface area (Å²) in [5.41, 5.74) is -0.294. The Balaban J connectivity index is 2.50. The molecule has 0 saturated carbocycles. The molecular weight excluding hydrogens is 265 g/mol. The molecule has 0 bridgehead atoms. The van der Waals surface area contributed by atoms with E-state index in [1.807, 2.05) is 0 Å². The van der Waals surface area contributed by atoms with Crippen molar-refractivity contribution >= 4 is 17.6 Å². The van der Waals surface area contributed by atoms with E-state index in [0.29, 0.717) is 0 Å². The largest absolute Gasteiger partial charge is 0.495 e. The second-order valence-electron chi connectivity index (χ2n) is 3.32. The van der Waals surface area contributed by atoms with Crippen LogP contribution in [0.1, 0.15) is 10.5 Å². The van der Waals surface area contributed by atoms with Crippen LogP contribution in [-0.2, 0) is 0 Å². The van der Waals surface area contributed by atoms with E-state index in [2.05, 4.69) is 5.16 Å². The highest BCUT2D eigenvalue weighted by atomic mass is 35.5. The minimum absolute atomic E-state index is 0.0146. The molecule has 94 valence electrons. The Kier molecular flexibility index (Phi) is 3.20. The fourth-order valence-electron chi connectivity index (χ4n) is 1.38. The molecule has 5 nitrogen and oxygen atoms in total. The zero-order chi connectivity index (χ0) is 13.3. The first-order valence-corrected chi connectivity index (χ1v) is 5.14. The number of methoxy groups -OCH3 is 1. The van der Waals surface area contributed by atoms with Crippen LogP contribution < -0.4 is 4.74 Å². The van der Waals surface area contributed by atoms with E-state index in [-0.39, 0.29) is 27.8 Å². The summed E-state index contributed by atoms with van der Waals surface area (Å²) in [6.45, 7) is 0. The average molecular weight is 272 g/mol. The fraction of sp³-hybridized carbons (Fsp3) is 0.0909. The summed E-state index contributed by atoms with van der Waals surface area (Å²) >= 11 is 5.74. The highest BCUT2D eigenvalue weighted by Crippen LogP contribution is 2.34. The molecule has 1 heterocycles. The van der Waals surface area contributed by atoms with E-state index in [1.54, 1.807) is 0 Å². The minimum atomic E-state index is -1.26. The summed E-state index contributed by atoms with van der Waals surface area (Å²) in [4.78, 5) is 10.6. The van der Waals surface area contributed by atoms with Gasteiger partial charge in [-0.1, -0.05) is 16.8 Å². The van der Waals surface area contributed by atoms with Gasteiger partial charge in [0.05, 0.1) is 12.7 Å². The molecule has 2 aromatic rings. The van der Waals surface area contributed by atoms with Gasteiger partial charge in [-0.05, 0) is 12.1 Å². The quantitative estimate of drug-likeness (QED) is 0.929. The number of aromatic nitrogens is 1. The van der Waals surface area contributed by atoms with Crippen molar-refractivity contribution in [3.63, 3.8) is 0 Å². The van der Waals surface area contributed by atoms with Crippen LogP contribution in [0.3, 0.4) is 0 Å². The van der Waals surface area contributed by atoms with Crippen molar-refractivity contribution in [3.8, 4) is 17.1 Å². The van der Waals surface area contributed by atoms with Crippen LogP contribution in [0.15, 0.2) is 22.7 Å². The van der Waals surface area contributed by atoms with Gasteiger partial charge < -0.3 is 14.4 Å². The van der Waals surface area contributed by atoms with E-state index in [0.717, 1.165) is 6.07 Å². The third-order valence-electron chi connectivity index (χ3n) is 2.26. The van der Waals surface area contributed by atoms with Crippen molar-refractivity contribution in [1.29, 1.82) is 0 Å². The maximum absolute atomic E-state index is 13.9. The molecule has 2 rings (SSSR count). The zero-order valence-electron chi connectivity index (χ0n) is 9.11. The topological polar surface area (TPSA) is 72.6 Å². The predicted molar refractivity (Wildman–Crippen MR) is 60.4 cm³/mol. The van der Waals surface area contributed by atoms with E-state index >= 15 is 0 Å². The van der Waals surface area contributed by atoms with Crippen molar-refractivity contribution in [3.05, 3.63) is 34.7 Å². The minimum Gasteiger partial charge on any atom is -0.495 e. The zero-order valence-corrected chi connectivity index (χ0v) is 9.86. The maximum atomic E-state index is 13.9. The van der Waals surface area contributed by atoms with E-state index in [9.17, 15) is 9.18 Å². The number of carbonyl (C=O) groups is 1. The molecule has 0 spiro atoms. The molecule has 0 amide bonds. The lowest BCUT2D eigenvalue weighted by molar-refractivity contribution is 0.0686. The van der Waals surface area contributed by atoms with Crippen LogP contribution in [0.25, 0.3) is 11.3 Å². The summed E-state index contributed by atoms with van der Waals surface area (Å²) < 4.78 is 23.5. The van der Waals surface area contributed by atoms with Crippen LogP contribution >= 0.6 is 11.6 Å². The van der Waals surface area contributed by atoms with Crippen molar-refractivity contribution in [1.82, 2.24) is 5.16 Å². The molecular formula is C11H7ClFNO4. The molecule has 1 aromatic heterocycles. The first-order valence-electron chi connectivity index (χ1n) is 4.77. The van der Waals surface area contributed by atoms with Crippen molar-refractivity contribution < 1.29 is 23.6 Å². The average Bonchev–Trinajstić information content (AvgIpc) is 2.82. The Morgan fingerprint density at radius 2 is 2.28 bits per heavy atom. The molecule has 1 N–H and O–H groups in total. The molecule has 1 aromatic carbocycles. The molecule has 0 aliphatic heterocycles. The Hall–Kier alpha value is -2.08. The standard InChI is InChI=1S/C11H7ClFNO4/c1-17-7-3-2-5(10(13)9(7)12)8-4-6(11(15)16)14-18-8/h2-4H,1H3,(H,15,16). The van der Waals surface area contributed by atoms with Crippen molar-refractivity contribution in [2.45, 2.75) is 0 Å². The lowest BCUT2D eigenvalue weighted by Gasteiger charge is -2.05. The number of carboxylic acid groups (broad SMARTS) is 1. The first-order chi connectivity index (χ1) is 8.54. The number of nitrogens with zero attached hydrogens (tertiary/aromatic N) is 1. The summed E-state index contributed by atoms with van der Waals surface area (Å²) in [7, 11) is 1.36. The van der Waals surface area contributed by atoms with Gasteiger partial charge in [0.15, 0.2) is 17.3 Å². The van der Waals surface area contributed by atoms with Gasteiger partial charge in [0.25, 0.3) is 0 Å². The highest BCUT2D eigenvalue weighted by Gasteiger charge is 2.18. The fourth-order valence-corrected chi connectivity index (χ4v) is 1.62. The molecule has 0 radical (unpaired) electrons. The van der Waals surface area contributed by atoms with E-state index < -0.39 is 11.8 Å². The van der Waals surface area contributed by atoms with Crippen LogP contribution in [-0.4, -0.2) is 23.3 Å². The van der Waals surface area contributed by atoms with Gasteiger partial charge in [-0.2, -0.15) is 0 Å². The molecule has 0 atom stereocenters. The Bertz CT molecular complexity index is 611. The number of carboxylic acids is 1. The van der Waals surface area contributed by atoms with E-state index in [4.69, 9.17) is 26.0 Å². The number of hydrogen-bond donors (Lipinski definition) is 1. The monoisotopic (exact) mass is 271 g/mol. The predicted octanol–water partition coefficient (Wildman–Crippen LogP) is 2.84. The maximum Gasteiger partial charge on any atom is 0.358 e. The third kappa shape index (κ3) is 2.02. The number of benzene rings is 1. The lowest BCUT2D eigenvalue weighted by Crippen LogP contribution is -1.94. The highest BCUT2D eigenvalue weighted by molar-refractivity contribution is 6.32. The second-order valence-corrected chi connectivity index (χ2v) is 3.70. The van der Waals surface area contributed by atoms with Crippen LogP contribution in [0.4, 0.5) is 4.39 Å². The lowest BCUT2D eigenvalue weighted by atomic mass is 10.1. The van der Waals surface area contributed by atoms with Gasteiger partial charge in [-0.3, -0.25) is 0 Å². The normalized spacial score (nSPS) is 10.4. The van der Waals surface area contributed by atoms with Gasteiger partial charge in [0.2, 0.25) is 0 Å². The molecule has 18 heavy (non-hydrogen) atoms. The SMILES string of the molecule is COc1ccc(-c2cc(C(=O)O)no2)c(F)c1Cl. The van der Waals surface area contributed by atoms with Gasteiger partial charge in [0, 0.05) is 6.07 Å². The smallest absolute Gasteiger partial charge is 0.358 e.